The average Bonchev–Trinajstić information content (AvgIpc) is 2.53. The molecule has 0 spiro atoms. The zero-order chi connectivity index (χ0) is 20.0. The number of nitrogens with one attached hydrogen (secondary N) is 1. The summed E-state index contributed by atoms with van der Waals surface area (Å²) in [5.74, 6) is 0.818. The maximum atomic E-state index is 12.7. The number of nitrogens with zero attached hydrogens (tertiary/aromatic N) is 1. The minimum atomic E-state index is -3.82. The first-order valence-electron chi connectivity index (χ1n) is 8.33. The van der Waals surface area contributed by atoms with Crippen LogP contribution in [-0.2, 0) is 30.8 Å². The molecule has 0 atom stereocenters. The van der Waals surface area contributed by atoms with Gasteiger partial charge in [0, 0.05) is 6.42 Å². The van der Waals surface area contributed by atoms with E-state index in [9.17, 15) is 18.0 Å². The molecule has 26 heavy (non-hydrogen) atoms. The van der Waals surface area contributed by atoms with Crippen LogP contribution in [0.3, 0.4) is 0 Å². The minimum absolute atomic E-state index is 0.112. The van der Waals surface area contributed by atoms with E-state index < -0.39 is 28.4 Å². The van der Waals surface area contributed by atoms with Crippen LogP contribution >= 0.6 is 0 Å². The molecule has 6 nitrogen and oxygen atoms in total. The highest BCUT2D eigenvalue weighted by Gasteiger charge is 2.25. The van der Waals surface area contributed by atoms with E-state index >= 15 is 0 Å². The van der Waals surface area contributed by atoms with E-state index in [2.05, 4.69) is 11.2 Å². The normalized spacial score (nSPS) is 11.8. The van der Waals surface area contributed by atoms with Crippen LogP contribution in [0, 0.1) is 12.3 Å². The molecular weight excluding hydrogens is 352 g/mol. The molecule has 0 aliphatic heterocycles. The molecule has 1 aromatic rings. The third-order valence-corrected chi connectivity index (χ3v) is 5.47. The Labute approximate surface area is 156 Å². The fourth-order valence-corrected chi connectivity index (χ4v) is 3.60. The maximum Gasteiger partial charge on any atom is 0.241 e. The first kappa shape index (κ1) is 21.9. The number of sulfonamides is 1. The quantitative estimate of drug-likeness (QED) is 0.734. The van der Waals surface area contributed by atoms with Gasteiger partial charge in [-0.05, 0) is 16.5 Å². The lowest BCUT2D eigenvalue weighted by Crippen LogP contribution is -2.43. The summed E-state index contributed by atoms with van der Waals surface area (Å²) in [6.07, 6.45) is 5.38. The number of hydrogen-bond donors (Lipinski definition) is 1. The van der Waals surface area contributed by atoms with E-state index in [-0.39, 0.29) is 24.1 Å². The predicted octanol–water partition coefficient (Wildman–Crippen LogP) is 1.80. The lowest BCUT2D eigenvalue weighted by molar-refractivity contribution is -0.130. The van der Waals surface area contributed by atoms with Gasteiger partial charge in [-0.15, -0.1) is 6.42 Å². The Morgan fingerprint density at radius 1 is 1.23 bits per heavy atom. The summed E-state index contributed by atoms with van der Waals surface area (Å²) < 4.78 is 26.3. The van der Waals surface area contributed by atoms with Crippen LogP contribution in [0.25, 0.3) is 0 Å². The molecule has 0 aliphatic rings. The number of imide groups is 1. The third kappa shape index (κ3) is 6.62. The van der Waals surface area contributed by atoms with Crippen molar-refractivity contribution in [2.75, 3.05) is 13.1 Å². The Bertz CT molecular complexity index is 802. The van der Waals surface area contributed by atoms with Crippen LogP contribution in [0.4, 0.5) is 0 Å². The van der Waals surface area contributed by atoms with Crippen molar-refractivity contribution in [3.05, 3.63) is 35.4 Å². The second-order valence-electron chi connectivity index (χ2n) is 7.00. The summed E-state index contributed by atoms with van der Waals surface area (Å²) in [6, 6.07) is 7.32. The van der Waals surface area contributed by atoms with Gasteiger partial charge in [-0.2, -0.15) is 4.31 Å². The second-order valence-corrected chi connectivity index (χ2v) is 8.97. The summed E-state index contributed by atoms with van der Waals surface area (Å²) >= 11 is 0. The number of hydrogen-bond acceptors (Lipinski definition) is 4. The molecule has 0 saturated carbocycles. The van der Waals surface area contributed by atoms with E-state index in [1.807, 2.05) is 39.0 Å². The van der Waals surface area contributed by atoms with E-state index in [1.54, 1.807) is 13.0 Å². The molecule has 0 fully saturated rings. The first-order valence-corrected chi connectivity index (χ1v) is 9.94. The van der Waals surface area contributed by atoms with Crippen molar-refractivity contribution in [2.24, 2.45) is 0 Å². The highest BCUT2D eigenvalue weighted by atomic mass is 32.2. The number of carbonyl (C=O) groups excluding carboxylic acids is 2. The van der Waals surface area contributed by atoms with E-state index in [1.165, 1.54) is 0 Å². The monoisotopic (exact) mass is 378 g/mol. The summed E-state index contributed by atoms with van der Waals surface area (Å²) in [7, 11) is -3.82. The van der Waals surface area contributed by atoms with Crippen molar-refractivity contribution in [3.63, 3.8) is 0 Å². The van der Waals surface area contributed by atoms with Gasteiger partial charge in [0.1, 0.15) is 0 Å². The van der Waals surface area contributed by atoms with Crippen molar-refractivity contribution < 1.29 is 18.0 Å². The molecular formula is C19H26N2O4S. The largest absolute Gasteiger partial charge is 0.295 e. The summed E-state index contributed by atoms with van der Waals surface area (Å²) in [4.78, 5) is 23.2. The molecule has 0 unspecified atom stereocenters. The van der Waals surface area contributed by atoms with Gasteiger partial charge in [0.2, 0.25) is 21.8 Å². The van der Waals surface area contributed by atoms with Gasteiger partial charge in [0.25, 0.3) is 0 Å². The van der Waals surface area contributed by atoms with Gasteiger partial charge < -0.3 is 0 Å². The summed E-state index contributed by atoms with van der Waals surface area (Å²) in [5, 5.41) is 2.13. The summed E-state index contributed by atoms with van der Waals surface area (Å²) in [5.41, 5.74) is 1.52. The van der Waals surface area contributed by atoms with Crippen molar-refractivity contribution in [3.8, 4) is 12.3 Å². The third-order valence-electron chi connectivity index (χ3n) is 3.72. The standard InChI is InChI=1S/C19H26N2O4S/c1-6-11-21(13-18(23)20-17(22)7-2)26(24,25)14-15-9-8-10-16(12-15)19(3,4)5/h1,8-10,12H,7,11,13-14H2,2-5H3,(H,20,22,23). The van der Waals surface area contributed by atoms with Crippen LogP contribution in [0.2, 0.25) is 0 Å². The Balaban J connectivity index is 2.99. The molecule has 1 rings (SSSR count). The van der Waals surface area contributed by atoms with Crippen LogP contribution in [0.1, 0.15) is 45.2 Å². The number of rotatable bonds is 7. The predicted molar refractivity (Wildman–Crippen MR) is 102 cm³/mol. The molecule has 142 valence electrons. The second kappa shape index (κ2) is 8.97. The van der Waals surface area contributed by atoms with Crippen LogP contribution in [-0.4, -0.2) is 37.6 Å². The van der Waals surface area contributed by atoms with E-state index in [4.69, 9.17) is 6.42 Å². The Kier molecular flexibility index (Phi) is 7.54. The number of carbonyl (C=O) groups is 2. The zero-order valence-electron chi connectivity index (χ0n) is 15.7. The van der Waals surface area contributed by atoms with Gasteiger partial charge in [0.05, 0.1) is 18.8 Å². The van der Waals surface area contributed by atoms with Crippen molar-refractivity contribution in [1.29, 1.82) is 0 Å². The van der Waals surface area contributed by atoms with Crippen LogP contribution in [0.5, 0.6) is 0 Å². The molecule has 0 bridgehead atoms. The smallest absolute Gasteiger partial charge is 0.241 e. The highest BCUT2D eigenvalue weighted by molar-refractivity contribution is 7.88. The number of benzene rings is 1. The molecule has 0 aliphatic carbocycles. The summed E-state index contributed by atoms with van der Waals surface area (Å²) in [6.45, 7) is 6.99. The lowest BCUT2D eigenvalue weighted by atomic mass is 9.86. The van der Waals surface area contributed by atoms with Crippen molar-refractivity contribution in [1.82, 2.24) is 9.62 Å². The molecule has 1 N–H and O–H groups in total. The average molecular weight is 378 g/mol. The Morgan fingerprint density at radius 2 is 1.88 bits per heavy atom. The van der Waals surface area contributed by atoms with E-state index in [0.717, 1.165) is 9.87 Å². The zero-order valence-corrected chi connectivity index (χ0v) is 16.5. The van der Waals surface area contributed by atoms with Crippen molar-refractivity contribution in [2.45, 2.75) is 45.3 Å². The maximum absolute atomic E-state index is 12.7. The lowest BCUT2D eigenvalue weighted by Gasteiger charge is -2.22. The van der Waals surface area contributed by atoms with Gasteiger partial charge in [-0.1, -0.05) is 57.9 Å². The number of terminal acetylenes is 1. The topological polar surface area (TPSA) is 83.6 Å². The van der Waals surface area contributed by atoms with Crippen LogP contribution < -0.4 is 5.32 Å². The van der Waals surface area contributed by atoms with E-state index in [0.29, 0.717) is 5.56 Å². The molecule has 2 amide bonds. The van der Waals surface area contributed by atoms with Crippen LogP contribution in [0.15, 0.2) is 24.3 Å². The molecule has 0 radical (unpaired) electrons. The van der Waals surface area contributed by atoms with Gasteiger partial charge in [0.15, 0.2) is 0 Å². The van der Waals surface area contributed by atoms with Gasteiger partial charge >= 0.3 is 0 Å². The SMILES string of the molecule is C#CCN(CC(=O)NC(=O)CC)S(=O)(=O)Cc1cccc(C(C)(C)C)c1. The fourth-order valence-electron chi connectivity index (χ4n) is 2.23. The molecule has 0 aromatic heterocycles. The van der Waals surface area contributed by atoms with Gasteiger partial charge in [-0.25, -0.2) is 8.42 Å². The highest BCUT2D eigenvalue weighted by Crippen LogP contribution is 2.24. The molecule has 1 aromatic carbocycles. The number of amides is 2. The fraction of sp³-hybridized carbons (Fsp3) is 0.474. The van der Waals surface area contributed by atoms with Gasteiger partial charge in [-0.3, -0.25) is 14.9 Å². The molecule has 7 heteroatoms. The first-order chi connectivity index (χ1) is 12.0. The Morgan fingerprint density at radius 3 is 2.42 bits per heavy atom. The minimum Gasteiger partial charge on any atom is -0.295 e. The molecule has 0 heterocycles. The molecule has 0 saturated heterocycles. The van der Waals surface area contributed by atoms with Crippen molar-refractivity contribution >= 4 is 21.8 Å². The Hall–Kier alpha value is -2.17.